The van der Waals surface area contributed by atoms with E-state index in [4.69, 9.17) is 9.52 Å². The van der Waals surface area contributed by atoms with Crippen molar-refractivity contribution in [3.8, 4) is 11.6 Å². The highest BCUT2D eigenvalue weighted by Gasteiger charge is 2.11. The first-order chi connectivity index (χ1) is 7.25. The van der Waals surface area contributed by atoms with E-state index in [9.17, 15) is 4.79 Å². The molecule has 15 heavy (non-hydrogen) atoms. The molecule has 0 aliphatic carbocycles. The molecule has 0 spiro atoms. The van der Waals surface area contributed by atoms with Crippen LogP contribution in [0, 0.1) is 0 Å². The molecule has 0 aliphatic heterocycles. The molecule has 0 aliphatic rings. The van der Waals surface area contributed by atoms with Crippen molar-refractivity contribution in [1.82, 2.24) is 19.8 Å². The first kappa shape index (κ1) is 9.71. The molecule has 2 aromatic rings. The van der Waals surface area contributed by atoms with Gasteiger partial charge in [0.1, 0.15) is 0 Å². The number of carboxylic acid groups (broad SMARTS) is 1. The maximum absolute atomic E-state index is 10.3. The van der Waals surface area contributed by atoms with E-state index < -0.39 is 5.97 Å². The third-order valence-electron chi connectivity index (χ3n) is 1.60. The van der Waals surface area contributed by atoms with E-state index in [-0.39, 0.29) is 18.7 Å². The van der Waals surface area contributed by atoms with Crippen molar-refractivity contribution < 1.29 is 14.3 Å². The van der Waals surface area contributed by atoms with Crippen molar-refractivity contribution >= 4 is 17.5 Å². The van der Waals surface area contributed by atoms with Crippen LogP contribution in [0.1, 0.15) is 12.3 Å². The minimum Gasteiger partial charge on any atom is -0.481 e. The molecule has 0 saturated carbocycles. The summed E-state index contributed by atoms with van der Waals surface area (Å²) in [6, 6.07) is 0. The molecule has 0 saturated heterocycles. The summed E-state index contributed by atoms with van der Waals surface area (Å²) < 4.78 is 8.85. The number of aliphatic carboxylic acids is 1. The Hall–Kier alpha value is -1.83. The van der Waals surface area contributed by atoms with Crippen LogP contribution < -0.4 is 0 Å². The zero-order chi connectivity index (χ0) is 10.7. The molecule has 0 aromatic carbocycles. The first-order valence-corrected chi connectivity index (χ1v) is 4.91. The molecule has 7 nitrogen and oxygen atoms in total. The number of hydrogen-bond donors (Lipinski definition) is 1. The van der Waals surface area contributed by atoms with Gasteiger partial charge < -0.3 is 9.52 Å². The minimum atomic E-state index is -0.898. The lowest BCUT2D eigenvalue weighted by Crippen LogP contribution is -1.97. The Kier molecular flexibility index (Phi) is 2.68. The van der Waals surface area contributed by atoms with Gasteiger partial charge in [-0.3, -0.25) is 4.79 Å². The van der Waals surface area contributed by atoms with Crippen LogP contribution >= 0.6 is 11.5 Å². The Balaban J connectivity index is 2.08. The van der Waals surface area contributed by atoms with Gasteiger partial charge in [-0.2, -0.15) is 0 Å². The van der Waals surface area contributed by atoms with Crippen molar-refractivity contribution in [2.45, 2.75) is 12.8 Å². The zero-order valence-corrected chi connectivity index (χ0v) is 8.27. The third-order valence-corrected chi connectivity index (χ3v) is 2.10. The predicted octanol–water partition coefficient (Wildman–Crippen LogP) is 0.605. The number of aryl methyl sites for hydroxylation is 1. The molecule has 8 heteroatoms. The van der Waals surface area contributed by atoms with Gasteiger partial charge in [0.15, 0.2) is 5.69 Å². The van der Waals surface area contributed by atoms with E-state index in [1.807, 2.05) is 0 Å². The summed E-state index contributed by atoms with van der Waals surface area (Å²) in [6.45, 7) is 0. The van der Waals surface area contributed by atoms with Gasteiger partial charge in [-0.1, -0.05) is 4.49 Å². The maximum Gasteiger partial charge on any atom is 0.303 e. The van der Waals surface area contributed by atoms with Gasteiger partial charge in [0.2, 0.25) is 5.89 Å². The second kappa shape index (κ2) is 4.13. The second-order valence-corrected chi connectivity index (χ2v) is 3.29. The van der Waals surface area contributed by atoms with Crippen LogP contribution in [0.2, 0.25) is 0 Å². The Morgan fingerprint density at radius 3 is 3.00 bits per heavy atom. The number of carbonyl (C=O) groups is 1. The van der Waals surface area contributed by atoms with Gasteiger partial charge in [0.25, 0.3) is 5.89 Å². The van der Waals surface area contributed by atoms with Gasteiger partial charge >= 0.3 is 5.97 Å². The first-order valence-electron chi connectivity index (χ1n) is 4.07. The van der Waals surface area contributed by atoms with E-state index in [0.717, 1.165) is 0 Å². The molecular weight excluding hydrogens is 220 g/mol. The standard InChI is InChI=1S/C7H6N4O3S/c12-6(13)2-1-5-9-10-7(14-5)4-3-15-11-8-4/h3H,1-2H2,(H,12,13). The molecule has 0 unspecified atom stereocenters. The molecule has 0 amide bonds. The minimum absolute atomic E-state index is 0.0308. The van der Waals surface area contributed by atoms with Crippen LogP contribution in [-0.4, -0.2) is 30.9 Å². The monoisotopic (exact) mass is 226 g/mol. The van der Waals surface area contributed by atoms with E-state index in [1.165, 1.54) is 11.5 Å². The fourth-order valence-electron chi connectivity index (χ4n) is 0.930. The number of hydrogen-bond acceptors (Lipinski definition) is 7. The van der Waals surface area contributed by atoms with Crippen LogP contribution in [0.25, 0.3) is 11.6 Å². The smallest absolute Gasteiger partial charge is 0.303 e. The summed E-state index contributed by atoms with van der Waals surface area (Å²) >= 11 is 1.18. The van der Waals surface area contributed by atoms with E-state index in [2.05, 4.69) is 19.8 Å². The third kappa shape index (κ3) is 2.34. The van der Waals surface area contributed by atoms with Gasteiger partial charge in [0, 0.05) is 11.8 Å². The Morgan fingerprint density at radius 1 is 1.47 bits per heavy atom. The van der Waals surface area contributed by atoms with E-state index in [1.54, 1.807) is 5.38 Å². The lowest BCUT2D eigenvalue weighted by Gasteiger charge is -1.88. The Labute approximate surface area is 87.9 Å². The summed E-state index contributed by atoms with van der Waals surface area (Å²) in [4.78, 5) is 10.3. The number of nitrogens with zero attached hydrogens (tertiary/aromatic N) is 4. The van der Waals surface area contributed by atoms with Gasteiger partial charge in [0.05, 0.1) is 6.42 Å². The Morgan fingerprint density at radius 2 is 2.33 bits per heavy atom. The molecular formula is C7H6N4O3S. The van der Waals surface area contributed by atoms with Crippen LogP contribution in [-0.2, 0) is 11.2 Å². The average Bonchev–Trinajstić information content (AvgIpc) is 2.85. The molecule has 0 bridgehead atoms. The second-order valence-electron chi connectivity index (χ2n) is 2.68. The Bertz CT molecular complexity index is 453. The van der Waals surface area contributed by atoms with Crippen molar-refractivity contribution in [2.75, 3.05) is 0 Å². The van der Waals surface area contributed by atoms with Crippen molar-refractivity contribution in [1.29, 1.82) is 0 Å². The van der Waals surface area contributed by atoms with Gasteiger partial charge in [-0.15, -0.1) is 15.3 Å². The highest BCUT2D eigenvalue weighted by atomic mass is 32.1. The number of carboxylic acids is 1. The average molecular weight is 226 g/mol. The SMILES string of the molecule is O=C(O)CCc1nnc(-c2csnn2)o1. The summed E-state index contributed by atoms with van der Waals surface area (Å²) in [5.74, 6) is -0.338. The molecule has 2 rings (SSSR count). The molecule has 2 heterocycles. The van der Waals surface area contributed by atoms with Crippen LogP contribution in [0.5, 0.6) is 0 Å². The van der Waals surface area contributed by atoms with Crippen LogP contribution in [0.3, 0.4) is 0 Å². The van der Waals surface area contributed by atoms with Gasteiger partial charge in [-0.05, 0) is 11.5 Å². The van der Waals surface area contributed by atoms with Crippen molar-refractivity contribution in [3.05, 3.63) is 11.3 Å². The van der Waals surface area contributed by atoms with E-state index in [0.29, 0.717) is 11.6 Å². The van der Waals surface area contributed by atoms with Crippen LogP contribution in [0.15, 0.2) is 9.80 Å². The van der Waals surface area contributed by atoms with Crippen LogP contribution in [0.4, 0.5) is 0 Å². The fourth-order valence-corrected chi connectivity index (χ4v) is 1.36. The quantitative estimate of drug-likeness (QED) is 0.814. The lowest BCUT2D eigenvalue weighted by molar-refractivity contribution is -0.137. The zero-order valence-electron chi connectivity index (χ0n) is 7.45. The summed E-state index contributed by atoms with van der Waals surface area (Å²) in [5, 5.41) is 21.3. The molecule has 0 radical (unpaired) electrons. The van der Waals surface area contributed by atoms with E-state index >= 15 is 0 Å². The maximum atomic E-state index is 10.3. The highest BCUT2D eigenvalue weighted by Crippen LogP contribution is 2.16. The van der Waals surface area contributed by atoms with Crippen molar-refractivity contribution in [2.24, 2.45) is 0 Å². The van der Waals surface area contributed by atoms with Gasteiger partial charge in [-0.25, -0.2) is 0 Å². The number of rotatable bonds is 4. The predicted molar refractivity (Wildman–Crippen MR) is 49.2 cm³/mol. The number of aromatic nitrogens is 4. The molecule has 0 atom stereocenters. The molecule has 78 valence electrons. The van der Waals surface area contributed by atoms with Crippen molar-refractivity contribution in [3.63, 3.8) is 0 Å². The molecule has 1 N–H and O–H groups in total. The molecule has 0 fully saturated rings. The summed E-state index contributed by atoms with van der Waals surface area (Å²) in [5.41, 5.74) is 0.508. The largest absolute Gasteiger partial charge is 0.481 e. The molecule has 2 aromatic heterocycles. The normalized spacial score (nSPS) is 10.4. The lowest BCUT2D eigenvalue weighted by atomic mass is 10.3. The topological polar surface area (TPSA) is 102 Å². The highest BCUT2D eigenvalue weighted by molar-refractivity contribution is 7.03. The fraction of sp³-hybridized carbons (Fsp3) is 0.286. The summed E-state index contributed by atoms with van der Waals surface area (Å²) in [6.07, 6.45) is 0.191. The summed E-state index contributed by atoms with van der Waals surface area (Å²) in [7, 11) is 0.